The van der Waals surface area contributed by atoms with Gasteiger partial charge in [0.15, 0.2) is 5.76 Å². The molecule has 0 aromatic carbocycles. The van der Waals surface area contributed by atoms with E-state index in [4.69, 9.17) is 4.42 Å². The van der Waals surface area contributed by atoms with Crippen LogP contribution in [0.3, 0.4) is 0 Å². The molecule has 1 amide bonds. The Bertz CT molecular complexity index is 646. The number of aryl methyl sites for hydroxylation is 2. The number of carbonyl (C=O) groups is 1. The smallest absolute Gasteiger partial charge is 0.289 e. The molecule has 22 heavy (non-hydrogen) atoms. The SMILES string of the molecule is Cc1ccc(C(=O)N2CCCN(Cc3nccn3C)CC2)o1. The highest BCUT2D eigenvalue weighted by Crippen LogP contribution is 2.13. The third-order valence-corrected chi connectivity index (χ3v) is 4.11. The van der Waals surface area contributed by atoms with Crippen molar-refractivity contribution in [2.45, 2.75) is 19.9 Å². The van der Waals surface area contributed by atoms with Gasteiger partial charge in [-0.3, -0.25) is 9.69 Å². The van der Waals surface area contributed by atoms with E-state index >= 15 is 0 Å². The van der Waals surface area contributed by atoms with Gasteiger partial charge in [-0.05, 0) is 25.5 Å². The van der Waals surface area contributed by atoms with Gasteiger partial charge in [0.25, 0.3) is 5.91 Å². The number of hydrogen-bond donors (Lipinski definition) is 0. The van der Waals surface area contributed by atoms with Gasteiger partial charge in [-0.15, -0.1) is 0 Å². The Morgan fingerprint density at radius 3 is 2.82 bits per heavy atom. The van der Waals surface area contributed by atoms with Crippen molar-refractivity contribution in [2.24, 2.45) is 7.05 Å². The van der Waals surface area contributed by atoms with Gasteiger partial charge in [0, 0.05) is 45.6 Å². The van der Waals surface area contributed by atoms with Gasteiger partial charge in [-0.1, -0.05) is 0 Å². The molecule has 0 unspecified atom stereocenters. The van der Waals surface area contributed by atoms with Crippen LogP contribution < -0.4 is 0 Å². The van der Waals surface area contributed by atoms with Crippen LogP contribution in [-0.2, 0) is 13.6 Å². The zero-order chi connectivity index (χ0) is 15.5. The van der Waals surface area contributed by atoms with Crippen molar-refractivity contribution < 1.29 is 9.21 Å². The summed E-state index contributed by atoms with van der Waals surface area (Å²) < 4.78 is 7.49. The fourth-order valence-corrected chi connectivity index (χ4v) is 2.79. The summed E-state index contributed by atoms with van der Waals surface area (Å²) in [5, 5.41) is 0. The number of hydrogen-bond acceptors (Lipinski definition) is 4. The van der Waals surface area contributed by atoms with Crippen molar-refractivity contribution >= 4 is 5.91 Å². The molecule has 2 aromatic heterocycles. The van der Waals surface area contributed by atoms with Gasteiger partial charge in [0.1, 0.15) is 11.6 Å². The van der Waals surface area contributed by atoms with Crippen molar-refractivity contribution in [2.75, 3.05) is 26.2 Å². The number of carbonyl (C=O) groups excluding carboxylic acids is 1. The predicted molar refractivity (Wildman–Crippen MR) is 82.5 cm³/mol. The van der Waals surface area contributed by atoms with Crippen molar-refractivity contribution in [3.8, 4) is 0 Å². The van der Waals surface area contributed by atoms with Gasteiger partial charge in [-0.2, -0.15) is 0 Å². The number of furan rings is 1. The fraction of sp³-hybridized carbons (Fsp3) is 0.500. The molecule has 6 heteroatoms. The zero-order valence-electron chi connectivity index (χ0n) is 13.2. The molecule has 1 saturated heterocycles. The summed E-state index contributed by atoms with van der Waals surface area (Å²) in [6.07, 6.45) is 4.75. The maximum atomic E-state index is 12.4. The summed E-state index contributed by atoms with van der Waals surface area (Å²) >= 11 is 0. The van der Waals surface area contributed by atoms with Gasteiger partial charge in [-0.25, -0.2) is 4.98 Å². The van der Waals surface area contributed by atoms with Crippen LogP contribution in [-0.4, -0.2) is 51.4 Å². The molecule has 0 radical (unpaired) electrons. The minimum absolute atomic E-state index is 0.00746. The molecule has 6 nitrogen and oxygen atoms in total. The van der Waals surface area contributed by atoms with Gasteiger partial charge >= 0.3 is 0 Å². The van der Waals surface area contributed by atoms with Gasteiger partial charge in [0.05, 0.1) is 6.54 Å². The Kier molecular flexibility index (Phi) is 4.29. The summed E-state index contributed by atoms with van der Waals surface area (Å²) in [5.74, 6) is 2.26. The standard InChI is InChI=1S/C16H22N4O2/c1-13-4-5-14(22-13)16(21)20-8-3-7-19(10-11-20)12-15-17-6-9-18(15)2/h4-6,9H,3,7-8,10-12H2,1-2H3. The van der Waals surface area contributed by atoms with E-state index < -0.39 is 0 Å². The second kappa shape index (κ2) is 6.36. The lowest BCUT2D eigenvalue weighted by Gasteiger charge is -2.21. The number of imidazole rings is 1. The highest BCUT2D eigenvalue weighted by Gasteiger charge is 2.22. The monoisotopic (exact) mass is 302 g/mol. The van der Waals surface area contributed by atoms with E-state index in [2.05, 4.69) is 9.88 Å². The molecular weight excluding hydrogens is 280 g/mol. The summed E-state index contributed by atoms with van der Waals surface area (Å²) in [7, 11) is 2.01. The second-order valence-electron chi connectivity index (χ2n) is 5.79. The van der Waals surface area contributed by atoms with Gasteiger partial charge in [0.2, 0.25) is 0 Å². The quantitative estimate of drug-likeness (QED) is 0.865. The van der Waals surface area contributed by atoms with Crippen LogP contribution in [0.2, 0.25) is 0 Å². The van der Waals surface area contributed by atoms with Crippen LogP contribution in [0.25, 0.3) is 0 Å². The molecule has 1 fully saturated rings. The van der Waals surface area contributed by atoms with Crippen LogP contribution in [0.5, 0.6) is 0 Å². The molecule has 118 valence electrons. The second-order valence-corrected chi connectivity index (χ2v) is 5.79. The molecule has 0 saturated carbocycles. The lowest BCUT2D eigenvalue weighted by molar-refractivity contribution is 0.0727. The van der Waals surface area contributed by atoms with Crippen molar-refractivity contribution in [3.05, 3.63) is 41.9 Å². The minimum Gasteiger partial charge on any atom is -0.456 e. The summed E-state index contributed by atoms with van der Waals surface area (Å²) in [6, 6.07) is 3.59. The van der Waals surface area contributed by atoms with E-state index in [9.17, 15) is 4.79 Å². The third-order valence-electron chi connectivity index (χ3n) is 4.11. The minimum atomic E-state index is -0.00746. The van der Waals surface area contributed by atoms with E-state index in [0.717, 1.165) is 50.7 Å². The molecule has 0 N–H and O–H groups in total. The Labute approximate surface area is 130 Å². The normalized spacial score (nSPS) is 16.7. The molecule has 1 aliphatic rings. The summed E-state index contributed by atoms with van der Waals surface area (Å²) in [6.45, 7) is 6.02. The summed E-state index contributed by atoms with van der Waals surface area (Å²) in [4.78, 5) is 21.0. The average molecular weight is 302 g/mol. The highest BCUT2D eigenvalue weighted by molar-refractivity contribution is 5.91. The Morgan fingerprint density at radius 1 is 1.27 bits per heavy atom. The molecule has 1 aliphatic heterocycles. The topological polar surface area (TPSA) is 54.5 Å². The third kappa shape index (κ3) is 3.22. The molecule has 3 rings (SSSR count). The molecule has 0 aliphatic carbocycles. The maximum Gasteiger partial charge on any atom is 0.289 e. The zero-order valence-corrected chi connectivity index (χ0v) is 13.2. The summed E-state index contributed by atoms with van der Waals surface area (Å²) in [5.41, 5.74) is 0. The van der Waals surface area contributed by atoms with Crippen LogP contribution in [0.4, 0.5) is 0 Å². The highest BCUT2D eigenvalue weighted by atomic mass is 16.3. The molecule has 0 bridgehead atoms. The van der Waals surface area contributed by atoms with Crippen LogP contribution >= 0.6 is 0 Å². The van der Waals surface area contributed by atoms with Gasteiger partial charge < -0.3 is 13.9 Å². The molecule has 3 heterocycles. The maximum absolute atomic E-state index is 12.4. The molecule has 0 atom stereocenters. The fourth-order valence-electron chi connectivity index (χ4n) is 2.79. The van der Waals surface area contributed by atoms with E-state index in [1.807, 2.05) is 41.9 Å². The van der Waals surface area contributed by atoms with E-state index in [0.29, 0.717) is 5.76 Å². The number of aromatic nitrogens is 2. The molecular formula is C16H22N4O2. The predicted octanol–water partition coefficient (Wildman–Crippen LogP) is 1.67. The van der Waals surface area contributed by atoms with Crippen LogP contribution in [0, 0.1) is 6.92 Å². The lowest BCUT2D eigenvalue weighted by atomic mass is 10.3. The van der Waals surface area contributed by atoms with E-state index in [1.54, 1.807) is 6.07 Å². The lowest BCUT2D eigenvalue weighted by Crippen LogP contribution is -2.35. The first-order valence-corrected chi connectivity index (χ1v) is 7.68. The first kappa shape index (κ1) is 14.8. The molecule has 2 aromatic rings. The number of amides is 1. The Morgan fingerprint density at radius 2 is 2.14 bits per heavy atom. The first-order valence-electron chi connectivity index (χ1n) is 7.68. The van der Waals surface area contributed by atoms with E-state index in [1.165, 1.54) is 0 Å². The number of rotatable bonds is 3. The Balaban J connectivity index is 1.60. The Hall–Kier alpha value is -2.08. The molecule has 0 spiro atoms. The van der Waals surface area contributed by atoms with Crippen LogP contribution in [0.15, 0.2) is 28.9 Å². The average Bonchev–Trinajstić information content (AvgIpc) is 3.02. The van der Waals surface area contributed by atoms with Crippen molar-refractivity contribution in [1.82, 2.24) is 19.4 Å². The van der Waals surface area contributed by atoms with E-state index in [-0.39, 0.29) is 5.91 Å². The van der Waals surface area contributed by atoms with Crippen molar-refractivity contribution in [1.29, 1.82) is 0 Å². The van der Waals surface area contributed by atoms with Crippen LogP contribution in [0.1, 0.15) is 28.6 Å². The largest absolute Gasteiger partial charge is 0.456 e. The number of nitrogens with zero attached hydrogens (tertiary/aromatic N) is 4. The first-order chi connectivity index (χ1) is 10.6. The van der Waals surface area contributed by atoms with Crippen molar-refractivity contribution in [3.63, 3.8) is 0 Å².